The van der Waals surface area contributed by atoms with E-state index in [4.69, 9.17) is 0 Å². The molecule has 1 fully saturated rings. The summed E-state index contributed by atoms with van der Waals surface area (Å²) in [6.45, 7) is 2.15. The summed E-state index contributed by atoms with van der Waals surface area (Å²) < 4.78 is 1.62. The smallest absolute Gasteiger partial charge is 0.356 e. The predicted octanol–water partition coefficient (Wildman–Crippen LogP) is 3.17. The minimum absolute atomic E-state index is 0.0552. The summed E-state index contributed by atoms with van der Waals surface area (Å²) in [7, 11) is 0. The highest BCUT2D eigenvalue weighted by Gasteiger charge is 2.30. The van der Waals surface area contributed by atoms with Crippen LogP contribution in [-0.4, -0.2) is 26.0 Å². The van der Waals surface area contributed by atoms with Gasteiger partial charge in [-0.1, -0.05) is 25.3 Å². The van der Waals surface area contributed by atoms with E-state index >= 15 is 0 Å². The summed E-state index contributed by atoms with van der Waals surface area (Å²) in [6, 6.07) is 5.49. The second-order valence-electron chi connectivity index (χ2n) is 5.79. The zero-order chi connectivity index (χ0) is 14.2. The van der Waals surface area contributed by atoms with Crippen molar-refractivity contribution in [1.82, 2.24) is 9.38 Å². The number of carbonyl (C=O) groups is 1. The SMILES string of the molecule is CC1(Nc2nc3ccccn3c2C(=O)O)CCCCC1. The van der Waals surface area contributed by atoms with Crippen molar-refractivity contribution in [2.75, 3.05) is 5.32 Å². The van der Waals surface area contributed by atoms with E-state index in [9.17, 15) is 9.90 Å². The maximum absolute atomic E-state index is 11.5. The van der Waals surface area contributed by atoms with Gasteiger partial charge in [0.2, 0.25) is 0 Å². The molecule has 0 aliphatic heterocycles. The Bertz CT molecular complexity index is 642. The Morgan fingerprint density at radius 2 is 2.10 bits per heavy atom. The highest BCUT2D eigenvalue weighted by Crippen LogP contribution is 2.32. The van der Waals surface area contributed by atoms with Crippen LogP contribution >= 0.6 is 0 Å². The highest BCUT2D eigenvalue weighted by molar-refractivity contribution is 5.93. The molecular weight excluding hydrogens is 254 g/mol. The lowest BCUT2D eigenvalue weighted by atomic mass is 9.83. The van der Waals surface area contributed by atoms with Crippen molar-refractivity contribution in [1.29, 1.82) is 0 Å². The van der Waals surface area contributed by atoms with E-state index in [1.807, 2.05) is 18.2 Å². The van der Waals surface area contributed by atoms with Crippen LogP contribution in [0.1, 0.15) is 49.5 Å². The summed E-state index contributed by atoms with van der Waals surface area (Å²) in [6.07, 6.45) is 7.47. The van der Waals surface area contributed by atoms with Gasteiger partial charge in [0.15, 0.2) is 11.5 Å². The van der Waals surface area contributed by atoms with E-state index in [0.29, 0.717) is 11.5 Å². The van der Waals surface area contributed by atoms with Gasteiger partial charge in [-0.05, 0) is 31.9 Å². The van der Waals surface area contributed by atoms with Gasteiger partial charge in [0, 0.05) is 11.7 Å². The standard InChI is InChI=1S/C15H19N3O2/c1-15(8-4-2-5-9-15)17-13-12(14(19)20)18-10-6-3-7-11(18)16-13/h3,6-7,10,17H,2,4-5,8-9H2,1H3,(H,19,20). The van der Waals surface area contributed by atoms with Crippen molar-refractivity contribution in [3.8, 4) is 0 Å². The molecule has 2 aromatic heterocycles. The number of hydrogen-bond donors (Lipinski definition) is 2. The molecule has 0 spiro atoms. The summed E-state index contributed by atoms with van der Waals surface area (Å²) in [5, 5.41) is 12.8. The number of nitrogens with one attached hydrogen (secondary N) is 1. The van der Waals surface area contributed by atoms with Crippen LogP contribution in [0.5, 0.6) is 0 Å². The van der Waals surface area contributed by atoms with Crippen molar-refractivity contribution >= 4 is 17.4 Å². The number of aromatic nitrogens is 2. The molecule has 0 bridgehead atoms. The average molecular weight is 273 g/mol. The minimum atomic E-state index is -0.953. The first-order valence-corrected chi connectivity index (χ1v) is 7.08. The number of aromatic carboxylic acids is 1. The highest BCUT2D eigenvalue weighted by atomic mass is 16.4. The quantitative estimate of drug-likeness (QED) is 0.901. The number of imidazole rings is 1. The molecule has 2 heterocycles. The van der Waals surface area contributed by atoms with Gasteiger partial charge in [-0.25, -0.2) is 9.78 Å². The Morgan fingerprint density at radius 1 is 1.35 bits per heavy atom. The van der Waals surface area contributed by atoms with Crippen LogP contribution in [0.2, 0.25) is 0 Å². The van der Waals surface area contributed by atoms with E-state index in [-0.39, 0.29) is 11.2 Å². The summed E-state index contributed by atoms with van der Waals surface area (Å²) in [5.41, 5.74) is 0.819. The Hall–Kier alpha value is -2.04. The average Bonchev–Trinajstić information content (AvgIpc) is 2.76. The number of anilines is 1. The fourth-order valence-corrected chi connectivity index (χ4v) is 3.03. The molecule has 0 amide bonds. The number of rotatable bonds is 3. The lowest BCUT2D eigenvalue weighted by Crippen LogP contribution is -2.37. The Balaban J connectivity index is 2.02. The molecule has 1 saturated carbocycles. The normalized spacial score (nSPS) is 18.1. The summed E-state index contributed by atoms with van der Waals surface area (Å²) in [5.74, 6) is -0.473. The van der Waals surface area contributed by atoms with Crippen molar-refractivity contribution in [3.05, 3.63) is 30.1 Å². The fourth-order valence-electron chi connectivity index (χ4n) is 3.03. The molecule has 5 nitrogen and oxygen atoms in total. The first-order valence-electron chi connectivity index (χ1n) is 7.08. The van der Waals surface area contributed by atoms with Gasteiger partial charge in [0.05, 0.1) is 0 Å². The van der Waals surface area contributed by atoms with Crippen molar-refractivity contribution in [2.45, 2.75) is 44.6 Å². The van der Waals surface area contributed by atoms with E-state index in [1.54, 1.807) is 10.6 Å². The maximum Gasteiger partial charge on any atom is 0.356 e. The molecular formula is C15H19N3O2. The van der Waals surface area contributed by atoms with E-state index in [1.165, 1.54) is 19.3 Å². The van der Waals surface area contributed by atoms with Crippen molar-refractivity contribution in [3.63, 3.8) is 0 Å². The molecule has 1 aliphatic rings. The lowest BCUT2D eigenvalue weighted by Gasteiger charge is -2.34. The van der Waals surface area contributed by atoms with Crippen LogP contribution in [0.3, 0.4) is 0 Å². The monoisotopic (exact) mass is 273 g/mol. The van der Waals surface area contributed by atoms with E-state index in [0.717, 1.165) is 12.8 Å². The number of nitrogens with zero attached hydrogens (tertiary/aromatic N) is 2. The molecule has 106 valence electrons. The minimum Gasteiger partial charge on any atom is -0.476 e. The van der Waals surface area contributed by atoms with E-state index < -0.39 is 5.97 Å². The Kier molecular flexibility index (Phi) is 3.12. The van der Waals surface area contributed by atoms with Gasteiger partial charge in [0.1, 0.15) is 5.65 Å². The lowest BCUT2D eigenvalue weighted by molar-refractivity contribution is 0.0690. The van der Waals surface area contributed by atoms with Crippen LogP contribution in [-0.2, 0) is 0 Å². The van der Waals surface area contributed by atoms with E-state index in [2.05, 4.69) is 17.2 Å². The van der Waals surface area contributed by atoms with Crippen molar-refractivity contribution < 1.29 is 9.90 Å². The molecule has 5 heteroatoms. The molecule has 2 N–H and O–H groups in total. The Morgan fingerprint density at radius 3 is 2.80 bits per heavy atom. The summed E-state index contributed by atoms with van der Waals surface area (Å²) >= 11 is 0. The van der Waals surface area contributed by atoms with Crippen LogP contribution in [0.25, 0.3) is 5.65 Å². The topological polar surface area (TPSA) is 66.6 Å². The maximum atomic E-state index is 11.5. The zero-order valence-corrected chi connectivity index (χ0v) is 11.6. The largest absolute Gasteiger partial charge is 0.476 e. The molecule has 2 aromatic rings. The third-order valence-electron chi connectivity index (χ3n) is 4.11. The molecule has 1 aliphatic carbocycles. The van der Waals surface area contributed by atoms with Crippen LogP contribution in [0.15, 0.2) is 24.4 Å². The molecule has 0 saturated heterocycles. The molecule has 20 heavy (non-hydrogen) atoms. The molecule has 0 aromatic carbocycles. The first kappa shape index (κ1) is 13.0. The number of pyridine rings is 1. The van der Waals surface area contributed by atoms with Crippen LogP contribution in [0, 0.1) is 0 Å². The number of hydrogen-bond acceptors (Lipinski definition) is 3. The number of carboxylic acid groups (broad SMARTS) is 1. The van der Waals surface area contributed by atoms with Gasteiger partial charge >= 0.3 is 5.97 Å². The fraction of sp³-hybridized carbons (Fsp3) is 0.467. The second kappa shape index (κ2) is 4.81. The third kappa shape index (κ3) is 2.24. The molecule has 0 radical (unpaired) electrons. The first-order chi connectivity index (χ1) is 9.59. The van der Waals surface area contributed by atoms with Crippen LogP contribution < -0.4 is 5.32 Å². The number of fused-ring (bicyclic) bond motifs is 1. The Labute approximate surface area is 117 Å². The van der Waals surface area contributed by atoms with Gasteiger partial charge in [0.25, 0.3) is 0 Å². The van der Waals surface area contributed by atoms with Gasteiger partial charge in [-0.3, -0.25) is 4.40 Å². The summed E-state index contributed by atoms with van der Waals surface area (Å²) in [4.78, 5) is 16.0. The van der Waals surface area contributed by atoms with Gasteiger partial charge in [-0.15, -0.1) is 0 Å². The molecule has 0 atom stereocenters. The van der Waals surface area contributed by atoms with Gasteiger partial charge < -0.3 is 10.4 Å². The van der Waals surface area contributed by atoms with Crippen LogP contribution in [0.4, 0.5) is 5.82 Å². The second-order valence-corrected chi connectivity index (χ2v) is 5.79. The zero-order valence-electron chi connectivity index (χ0n) is 11.6. The van der Waals surface area contributed by atoms with Crippen molar-refractivity contribution in [2.24, 2.45) is 0 Å². The number of carboxylic acids is 1. The predicted molar refractivity (Wildman–Crippen MR) is 77.3 cm³/mol. The molecule has 0 unspecified atom stereocenters. The van der Waals surface area contributed by atoms with Gasteiger partial charge in [-0.2, -0.15) is 0 Å². The third-order valence-corrected chi connectivity index (χ3v) is 4.11. The molecule has 3 rings (SSSR count).